The number of carbonyl (C=O) groups excluding carboxylic acids is 1. The van der Waals surface area contributed by atoms with Crippen LogP contribution in [-0.2, 0) is 13.6 Å². The van der Waals surface area contributed by atoms with Crippen LogP contribution in [0.1, 0.15) is 36.0 Å². The Morgan fingerprint density at radius 1 is 1.16 bits per heavy atom. The molecule has 0 spiro atoms. The van der Waals surface area contributed by atoms with Crippen molar-refractivity contribution in [1.29, 1.82) is 0 Å². The van der Waals surface area contributed by atoms with Gasteiger partial charge in [0.2, 0.25) is 5.88 Å². The lowest BCUT2D eigenvalue weighted by atomic mass is 10.1. The molecule has 2 bridgehead atoms. The molecule has 198 valence electrons. The molecule has 11 heteroatoms. The Bertz CT molecular complexity index is 1590. The van der Waals surface area contributed by atoms with Crippen molar-refractivity contribution in [1.82, 2.24) is 24.0 Å². The number of carbonyl (C=O) groups is 1. The van der Waals surface area contributed by atoms with E-state index in [0.29, 0.717) is 47.6 Å². The quantitative estimate of drug-likeness (QED) is 0.406. The smallest absolute Gasteiger partial charge is 0.388 e. The van der Waals surface area contributed by atoms with E-state index in [1.807, 2.05) is 10.6 Å². The highest BCUT2D eigenvalue weighted by Gasteiger charge is 2.47. The Kier molecular flexibility index (Phi) is 5.23. The van der Waals surface area contributed by atoms with Gasteiger partial charge in [-0.15, -0.1) is 0 Å². The number of piperidine rings is 1. The first-order chi connectivity index (χ1) is 18.3. The van der Waals surface area contributed by atoms with Crippen LogP contribution >= 0.6 is 0 Å². The molecule has 8 nitrogen and oxygen atoms in total. The van der Waals surface area contributed by atoms with Crippen LogP contribution in [-0.4, -0.2) is 55.1 Å². The number of hydrogen-bond donors (Lipinski definition) is 1. The van der Waals surface area contributed by atoms with Gasteiger partial charge in [0.25, 0.3) is 5.91 Å². The Hall–Kier alpha value is -3.60. The Morgan fingerprint density at radius 2 is 1.97 bits per heavy atom. The fourth-order valence-electron chi connectivity index (χ4n) is 6.29. The second-order valence-electron chi connectivity index (χ2n) is 10.8. The summed E-state index contributed by atoms with van der Waals surface area (Å²) in [6.07, 6.45) is 4.03. The maximum atomic E-state index is 15.5. The first kappa shape index (κ1) is 23.5. The summed E-state index contributed by atoms with van der Waals surface area (Å²) in [4.78, 5) is 24.2. The van der Waals surface area contributed by atoms with Crippen LogP contribution in [0.15, 0.2) is 30.3 Å². The molecule has 0 unspecified atom stereocenters. The van der Waals surface area contributed by atoms with Crippen molar-refractivity contribution in [2.75, 3.05) is 6.54 Å². The van der Waals surface area contributed by atoms with Crippen LogP contribution in [0.5, 0.6) is 5.88 Å². The molecular weight excluding hydrogens is 497 g/mol. The van der Waals surface area contributed by atoms with Gasteiger partial charge in [-0.2, -0.15) is 13.8 Å². The van der Waals surface area contributed by atoms with E-state index in [2.05, 4.69) is 9.72 Å². The third-order valence-corrected chi connectivity index (χ3v) is 8.38. The maximum absolute atomic E-state index is 15.5. The number of nitrogens with zero attached hydrogens (tertiary/aromatic N) is 5. The van der Waals surface area contributed by atoms with Crippen LogP contribution in [0.3, 0.4) is 0 Å². The molecule has 2 N–H and O–H groups in total. The molecule has 3 fully saturated rings. The number of amides is 1. The number of ether oxygens (including phenoxy) is 1. The summed E-state index contributed by atoms with van der Waals surface area (Å²) in [5.74, 6) is 0.330. The third kappa shape index (κ3) is 3.66. The molecular formula is C27H27F3N6O2. The van der Waals surface area contributed by atoms with E-state index in [-0.39, 0.29) is 35.0 Å². The minimum atomic E-state index is -2.97. The number of likely N-dealkylation sites (tertiary alicyclic amines) is 1. The van der Waals surface area contributed by atoms with Crippen molar-refractivity contribution in [3.8, 4) is 17.4 Å². The van der Waals surface area contributed by atoms with Gasteiger partial charge >= 0.3 is 6.61 Å². The fourth-order valence-corrected chi connectivity index (χ4v) is 6.29. The molecule has 4 heterocycles. The number of rotatable bonds is 6. The second-order valence-corrected chi connectivity index (χ2v) is 10.8. The van der Waals surface area contributed by atoms with Crippen LogP contribution in [0.4, 0.5) is 13.2 Å². The number of aryl methyl sites for hydroxylation is 1. The Morgan fingerprint density at radius 3 is 2.66 bits per heavy atom. The number of fused-ring (bicyclic) bond motifs is 4. The summed E-state index contributed by atoms with van der Waals surface area (Å²) in [5.41, 5.74) is 8.40. The number of aromatic nitrogens is 4. The van der Waals surface area contributed by atoms with Crippen molar-refractivity contribution in [3.05, 3.63) is 41.7 Å². The van der Waals surface area contributed by atoms with Gasteiger partial charge in [0.15, 0.2) is 5.82 Å². The number of imidazole rings is 1. The predicted octanol–water partition coefficient (Wildman–Crippen LogP) is 4.30. The van der Waals surface area contributed by atoms with Crippen LogP contribution in [0, 0.1) is 17.7 Å². The van der Waals surface area contributed by atoms with Gasteiger partial charge in [0, 0.05) is 49.2 Å². The van der Waals surface area contributed by atoms with Crippen molar-refractivity contribution in [2.45, 2.75) is 50.9 Å². The van der Waals surface area contributed by atoms with E-state index < -0.39 is 12.4 Å². The molecule has 3 aromatic heterocycles. The molecule has 1 saturated heterocycles. The number of alkyl halides is 2. The number of pyridine rings is 1. The zero-order valence-corrected chi connectivity index (χ0v) is 20.8. The van der Waals surface area contributed by atoms with E-state index in [0.717, 1.165) is 31.1 Å². The van der Waals surface area contributed by atoms with Crippen LogP contribution < -0.4 is 10.5 Å². The fraction of sp³-hybridized carbons (Fsp3) is 0.444. The van der Waals surface area contributed by atoms with Gasteiger partial charge in [-0.05, 0) is 61.8 Å². The van der Waals surface area contributed by atoms with Gasteiger partial charge in [0.1, 0.15) is 17.0 Å². The molecule has 2 aliphatic carbocycles. The predicted molar refractivity (Wildman–Crippen MR) is 134 cm³/mol. The standard InChI is InChI=1S/C27H27F3N6O2/c1-34-23-17(28)8-16(26(37)36-12-15-4-6-19(36)22(15)31)9-18(23)32-25(34)20-10-14-5-7-21(38-27(29)30)33-24(14)35(20)11-13-2-3-13/h5,7-10,13,15,19,22,27H,2-4,6,11-12,31H2,1H3/t15-,19-,22-/m1/s1. The van der Waals surface area contributed by atoms with Gasteiger partial charge in [-0.3, -0.25) is 4.79 Å². The molecule has 3 aliphatic rings. The first-order valence-electron chi connectivity index (χ1n) is 13.0. The average Bonchev–Trinajstić information content (AvgIpc) is 3.28. The van der Waals surface area contributed by atoms with Gasteiger partial charge in [-0.25, -0.2) is 9.37 Å². The zero-order chi connectivity index (χ0) is 26.3. The third-order valence-electron chi connectivity index (χ3n) is 8.38. The van der Waals surface area contributed by atoms with E-state index in [1.54, 1.807) is 28.6 Å². The molecule has 4 aromatic rings. The molecule has 2 saturated carbocycles. The van der Waals surface area contributed by atoms with Gasteiger partial charge < -0.3 is 24.5 Å². The second kappa shape index (κ2) is 8.45. The average molecular weight is 525 g/mol. The monoisotopic (exact) mass is 524 g/mol. The molecule has 38 heavy (non-hydrogen) atoms. The molecule has 1 amide bonds. The highest BCUT2D eigenvalue weighted by Crippen LogP contribution is 2.39. The maximum Gasteiger partial charge on any atom is 0.388 e. The Balaban J connectivity index is 1.31. The van der Waals surface area contributed by atoms with Gasteiger partial charge in [-0.1, -0.05) is 0 Å². The number of nitrogens with two attached hydrogens (primary N) is 1. The zero-order valence-electron chi connectivity index (χ0n) is 20.8. The van der Waals surface area contributed by atoms with Crippen LogP contribution in [0.25, 0.3) is 33.6 Å². The lowest BCUT2D eigenvalue weighted by molar-refractivity contribution is -0.0526. The van der Waals surface area contributed by atoms with Crippen molar-refractivity contribution < 1.29 is 22.7 Å². The number of hydrogen-bond acceptors (Lipinski definition) is 5. The first-order valence-corrected chi connectivity index (χ1v) is 13.0. The van der Waals surface area contributed by atoms with Gasteiger partial charge in [0.05, 0.1) is 11.2 Å². The molecule has 3 atom stereocenters. The van der Waals surface area contributed by atoms with E-state index in [4.69, 9.17) is 10.7 Å². The van der Waals surface area contributed by atoms with Crippen molar-refractivity contribution in [3.63, 3.8) is 0 Å². The number of halogens is 3. The van der Waals surface area contributed by atoms with E-state index in [9.17, 15) is 13.6 Å². The van der Waals surface area contributed by atoms with E-state index >= 15 is 4.39 Å². The summed E-state index contributed by atoms with van der Waals surface area (Å²) >= 11 is 0. The normalized spacial score (nSPS) is 22.9. The van der Waals surface area contributed by atoms with Crippen molar-refractivity contribution in [2.24, 2.45) is 24.6 Å². The molecule has 0 radical (unpaired) electrons. The lowest BCUT2D eigenvalue weighted by Gasteiger charge is -2.27. The minimum Gasteiger partial charge on any atom is -0.417 e. The minimum absolute atomic E-state index is 0.00452. The Labute approximate surface area is 216 Å². The van der Waals surface area contributed by atoms with Crippen molar-refractivity contribution >= 4 is 28.0 Å². The molecule has 1 aliphatic heterocycles. The summed E-state index contributed by atoms with van der Waals surface area (Å²) in [6.45, 7) is -1.74. The summed E-state index contributed by atoms with van der Waals surface area (Å²) in [6, 6.07) is 7.86. The molecule has 1 aromatic carbocycles. The highest BCUT2D eigenvalue weighted by atomic mass is 19.3. The topological polar surface area (TPSA) is 91.2 Å². The molecule has 7 rings (SSSR count). The highest BCUT2D eigenvalue weighted by molar-refractivity contribution is 5.98. The van der Waals surface area contributed by atoms with E-state index in [1.165, 1.54) is 12.1 Å². The summed E-state index contributed by atoms with van der Waals surface area (Å²) < 4.78 is 49.3. The SMILES string of the molecule is Cn1c(-c2cc3ccc(OC(F)F)nc3n2CC2CC2)nc2cc(C(=O)N3C[C@H]4CC[C@@H]3[C@@H]4N)cc(F)c21. The number of benzene rings is 1. The summed E-state index contributed by atoms with van der Waals surface area (Å²) in [7, 11) is 1.73. The lowest BCUT2D eigenvalue weighted by Crippen LogP contribution is -2.41. The summed E-state index contributed by atoms with van der Waals surface area (Å²) in [5, 5.41) is 0.742. The largest absolute Gasteiger partial charge is 0.417 e. The van der Waals surface area contributed by atoms with Crippen LogP contribution in [0.2, 0.25) is 0 Å².